The molecule has 3 heterocycles. The van der Waals surface area contributed by atoms with Crippen molar-refractivity contribution in [1.82, 2.24) is 15.2 Å². The van der Waals surface area contributed by atoms with Crippen LogP contribution in [0.2, 0.25) is 5.02 Å². The van der Waals surface area contributed by atoms with Crippen molar-refractivity contribution in [3.63, 3.8) is 0 Å². The molecule has 1 spiro atoms. The molecule has 3 amide bonds. The molecule has 10 heteroatoms. The Bertz CT molecular complexity index is 1290. The number of carbonyl (C=O) groups is 3. The van der Waals surface area contributed by atoms with Gasteiger partial charge in [-0.1, -0.05) is 29.8 Å². The first kappa shape index (κ1) is 25.2. The second kappa shape index (κ2) is 9.59. The van der Waals surface area contributed by atoms with E-state index in [1.165, 1.54) is 6.07 Å². The number of nitrogens with zero attached hydrogens (tertiary/aromatic N) is 3. The third-order valence-corrected chi connectivity index (χ3v) is 8.69. The molecule has 2 aliphatic carbocycles. The summed E-state index contributed by atoms with van der Waals surface area (Å²) in [4.78, 5) is 46.4. The first-order chi connectivity index (χ1) is 18.3. The number of likely N-dealkylation sites (tertiary alicyclic amines) is 1. The predicted octanol–water partition coefficient (Wildman–Crippen LogP) is 4.50. The largest absolute Gasteiger partial charge is 0.349 e. The highest BCUT2D eigenvalue weighted by atomic mass is 35.5. The maximum atomic E-state index is 13.7. The van der Waals surface area contributed by atoms with Gasteiger partial charge in [-0.2, -0.15) is 0 Å². The molecule has 1 aromatic carbocycles. The van der Waals surface area contributed by atoms with Crippen molar-refractivity contribution in [3.05, 3.63) is 58.4 Å². The minimum Gasteiger partial charge on any atom is -0.349 e. The Hall–Kier alpha value is -3.07. The lowest BCUT2D eigenvalue weighted by Crippen LogP contribution is -2.65. The van der Waals surface area contributed by atoms with Gasteiger partial charge >= 0.3 is 0 Å². The number of hydrogen-bond donors (Lipinski definition) is 1. The molecular formula is C28H29ClF2N4O3. The van der Waals surface area contributed by atoms with Crippen LogP contribution in [0.5, 0.6) is 0 Å². The van der Waals surface area contributed by atoms with Crippen molar-refractivity contribution < 1.29 is 23.2 Å². The third-order valence-electron chi connectivity index (χ3n) is 8.48. The zero-order valence-corrected chi connectivity index (χ0v) is 21.6. The third kappa shape index (κ3) is 4.34. The Labute approximate surface area is 224 Å². The summed E-state index contributed by atoms with van der Waals surface area (Å²) in [5, 5.41) is 3.00. The van der Waals surface area contributed by atoms with Crippen molar-refractivity contribution in [2.45, 2.75) is 56.4 Å². The molecule has 2 aromatic rings. The molecule has 2 aliphatic heterocycles. The number of fused-ring (bicyclic) bond motifs is 2. The van der Waals surface area contributed by atoms with Gasteiger partial charge in [0.15, 0.2) is 0 Å². The van der Waals surface area contributed by atoms with Crippen LogP contribution in [-0.4, -0.2) is 53.3 Å². The van der Waals surface area contributed by atoms with Crippen molar-refractivity contribution in [1.29, 1.82) is 0 Å². The van der Waals surface area contributed by atoms with Gasteiger partial charge in [0, 0.05) is 43.5 Å². The zero-order valence-electron chi connectivity index (χ0n) is 20.8. The summed E-state index contributed by atoms with van der Waals surface area (Å²) in [6.07, 6.45) is 3.11. The van der Waals surface area contributed by atoms with E-state index in [0.717, 1.165) is 43.1 Å². The van der Waals surface area contributed by atoms with Crippen molar-refractivity contribution in [3.8, 4) is 0 Å². The molecule has 0 atom stereocenters. The van der Waals surface area contributed by atoms with E-state index in [1.807, 2.05) is 34.1 Å². The Morgan fingerprint density at radius 2 is 1.82 bits per heavy atom. The summed E-state index contributed by atoms with van der Waals surface area (Å²) in [6.45, 7) is 1.49. The van der Waals surface area contributed by atoms with Crippen LogP contribution in [0.15, 0.2) is 36.5 Å². The number of nitrogens with one attached hydrogen (secondary N) is 1. The number of alkyl halides is 2. The fraction of sp³-hybridized carbons (Fsp3) is 0.500. The lowest BCUT2D eigenvalue weighted by Gasteiger charge is -2.47. The molecule has 200 valence electrons. The van der Waals surface area contributed by atoms with Gasteiger partial charge in [0.25, 0.3) is 12.3 Å². The summed E-state index contributed by atoms with van der Waals surface area (Å²) in [7, 11) is 0. The highest BCUT2D eigenvalue weighted by molar-refractivity contribution is 6.30. The Morgan fingerprint density at radius 3 is 2.50 bits per heavy atom. The molecule has 1 saturated heterocycles. The van der Waals surface area contributed by atoms with Gasteiger partial charge in [0.2, 0.25) is 11.8 Å². The monoisotopic (exact) mass is 542 g/mol. The minimum absolute atomic E-state index is 0.0713. The van der Waals surface area contributed by atoms with Gasteiger partial charge < -0.3 is 15.1 Å². The van der Waals surface area contributed by atoms with Crippen LogP contribution < -0.4 is 10.2 Å². The first-order valence-electron chi connectivity index (χ1n) is 13.2. The SMILES string of the molecule is O=C(NC1CCC(CN2C(=O)C3(CN(C(=O)C4CC4)C3)c3ccccc32)CC1)c1cc(Cl)cnc1C(F)F. The van der Waals surface area contributed by atoms with Gasteiger partial charge in [0.1, 0.15) is 11.1 Å². The van der Waals surface area contributed by atoms with Crippen LogP contribution in [0.3, 0.4) is 0 Å². The average molecular weight is 543 g/mol. The Kier molecular flexibility index (Phi) is 6.37. The summed E-state index contributed by atoms with van der Waals surface area (Å²) < 4.78 is 26.7. The molecule has 2 saturated carbocycles. The van der Waals surface area contributed by atoms with Gasteiger partial charge in [-0.15, -0.1) is 0 Å². The van der Waals surface area contributed by atoms with Crippen molar-refractivity contribution in [2.24, 2.45) is 11.8 Å². The molecule has 0 bridgehead atoms. The standard InChI is InChI=1S/C28H29ClF2N4O3/c29-18-11-20(23(24(30)31)32-12-18)25(36)33-19-9-5-16(6-10-19)13-35-22-4-2-1-3-21(22)28(27(35)38)14-34(15-28)26(37)17-7-8-17/h1-4,11-12,16-17,19,24H,5-10,13-15H2,(H,33,36). The fourth-order valence-electron chi connectivity index (χ4n) is 6.25. The van der Waals surface area contributed by atoms with Crippen molar-refractivity contribution in [2.75, 3.05) is 24.5 Å². The molecule has 0 unspecified atom stereocenters. The van der Waals surface area contributed by atoms with Crippen molar-refractivity contribution >= 4 is 35.0 Å². The van der Waals surface area contributed by atoms with E-state index in [1.54, 1.807) is 0 Å². The average Bonchev–Trinajstić information content (AvgIpc) is 3.70. The highest BCUT2D eigenvalue weighted by Crippen LogP contribution is 2.49. The molecule has 1 aromatic heterocycles. The van der Waals surface area contributed by atoms with Crippen LogP contribution >= 0.6 is 11.6 Å². The maximum Gasteiger partial charge on any atom is 0.281 e. The number of para-hydroxylation sites is 1. The number of carbonyl (C=O) groups excluding carboxylic acids is 3. The van der Waals surface area contributed by atoms with Gasteiger partial charge in [-0.25, -0.2) is 8.78 Å². The molecule has 38 heavy (non-hydrogen) atoms. The summed E-state index contributed by atoms with van der Waals surface area (Å²) in [5.74, 6) is 0.0440. The number of halogens is 3. The van der Waals surface area contributed by atoms with E-state index in [2.05, 4.69) is 10.3 Å². The topological polar surface area (TPSA) is 82.6 Å². The normalized spacial score (nSPS) is 23.9. The van der Waals surface area contributed by atoms with Gasteiger partial charge in [-0.05, 0) is 62.1 Å². The molecule has 1 N–H and O–H groups in total. The van der Waals surface area contributed by atoms with E-state index >= 15 is 0 Å². The summed E-state index contributed by atoms with van der Waals surface area (Å²) in [5.41, 5.74) is 0.526. The van der Waals surface area contributed by atoms with Gasteiger partial charge in [0.05, 0.1) is 10.6 Å². The minimum atomic E-state index is -2.87. The number of amides is 3. The molecule has 0 radical (unpaired) electrons. The van der Waals surface area contributed by atoms with E-state index < -0.39 is 23.4 Å². The Morgan fingerprint density at radius 1 is 1.11 bits per heavy atom. The van der Waals surface area contributed by atoms with E-state index in [4.69, 9.17) is 11.6 Å². The smallest absolute Gasteiger partial charge is 0.281 e. The molecule has 6 rings (SSSR count). The molecule has 7 nitrogen and oxygen atoms in total. The quantitative estimate of drug-likeness (QED) is 0.583. The summed E-state index contributed by atoms with van der Waals surface area (Å²) >= 11 is 5.89. The number of hydrogen-bond acceptors (Lipinski definition) is 4. The van der Waals surface area contributed by atoms with Crippen LogP contribution in [0.25, 0.3) is 0 Å². The molecular weight excluding hydrogens is 514 g/mol. The lowest BCUT2D eigenvalue weighted by molar-refractivity contribution is -0.145. The molecule has 3 fully saturated rings. The predicted molar refractivity (Wildman–Crippen MR) is 137 cm³/mol. The second-order valence-corrected chi connectivity index (χ2v) is 11.5. The van der Waals surface area contributed by atoms with E-state index in [0.29, 0.717) is 32.5 Å². The van der Waals surface area contributed by atoms with Crippen LogP contribution in [0, 0.1) is 11.8 Å². The Balaban J connectivity index is 1.08. The first-order valence-corrected chi connectivity index (χ1v) is 13.6. The van der Waals surface area contributed by atoms with Gasteiger partial charge in [-0.3, -0.25) is 19.4 Å². The number of rotatable bonds is 6. The number of benzene rings is 1. The number of anilines is 1. The number of pyridine rings is 1. The van der Waals surface area contributed by atoms with E-state index in [-0.39, 0.29) is 40.3 Å². The molecule has 4 aliphatic rings. The fourth-order valence-corrected chi connectivity index (χ4v) is 6.41. The second-order valence-electron chi connectivity index (χ2n) is 11.1. The highest BCUT2D eigenvalue weighted by Gasteiger charge is 2.60. The van der Waals surface area contributed by atoms with Crippen LogP contribution in [0.4, 0.5) is 14.5 Å². The number of aromatic nitrogens is 1. The van der Waals surface area contributed by atoms with E-state index in [9.17, 15) is 23.2 Å². The lowest BCUT2D eigenvalue weighted by atomic mass is 9.74. The zero-order chi connectivity index (χ0) is 26.6. The van der Waals surface area contributed by atoms with Crippen LogP contribution in [-0.2, 0) is 15.0 Å². The van der Waals surface area contributed by atoms with Crippen LogP contribution in [0.1, 0.15) is 66.6 Å². The maximum absolute atomic E-state index is 13.7. The summed E-state index contributed by atoms with van der Waals surface area (Å²) in [6, 6.07) is 8.96.